The first-order valence-electron chi connectivity index (χ1n) is 8.74. The molecule has 8 heteroatoms. The van der Waals surface area contributed by atoms with E-state index >= 15 is 0 Å². The Morgan fingerprint density at radius 1 is 1.21 bits per heavy atom. The molecule has 0 saturated carbocycles. The Labute approximate surface area is 164 Å². The molecule has 1 saturated heterocycles. The summed E-state index contributed by atoms with van der Waals surface area (Å²) in [7, 11) is 0. The molecular formula is C20H15N3O4S. The maximum atomic E-state index is 11.8. The molecule has 140 valence electrons. The second kappa shape index (κ2) is 6.72. The minimum atomic E-state index is -0.358. The van der Waals surface area contributed by atoms with Gasteiger partial charge in [0.1, 0.15) is 0 Å². The average molecular weight is 393 g/mol. The van der Waals surface area contributed by atoms with Crippen molar-refractivity contribution in [1.29, 1.82) is 0 Å². The van der Waals surface area contributed by atoms with Crippen molar-refractivity contribution in [2.75, 3.05) is 6.79 Å². The zero-order valence-corrected chi connectivity index (χ0v) is 15.5. The van der Waals surface area contributed by atoms with Crippen molar-refractivity contribution in [1.82, 2.24) is 14.9 Å². The van der Waals surface area contributed by atoms with Crippen LogP contribution in [0, 0.1) is 0 Å². The van der Waals surface area contributed by atoms with Crippen molar-refractivity contribution in [3.8, 4) is 11.5 Å². The lowest BCUT2D eigenvalue weighted by Gasteiger charge is -2.08. The Morgan fingerprint density at radius 3 is 3.00 bits per heavy atom. The number of nitrogens with zero attached hydrogens (tertiary/aromatic N) is 2. The number of imidazole rings is 1. The Hall–Kier alpha value is -3.26. The number of carbonyl (C=O) groups excluding carboxylic acids is 2. The van der Waals surface area contributed by atoms with E-state index in [-0.39, 0.29) is 17.9 Å². The Balaban J connectivity index is 1.41. The number of rotatable bonds is 4. The SMILES string of the molecule is O=C1NC(=O)/C(=C\c2ccc3ncn(CCc4cccc5c4OCO5)c3c2)S1. The van der Waals surface area contributed by atoms with Crippen LogP contribution in [-0.4, -0.2) is 27.5 Å². The molecule has 0 unspecified atom stereocenters. The highest BCUT2D eigenvalue weighted by Crippen LogP contribution is 2.35. The van der Waals surface area contributed by atoms with Gasteiger partial charge in [-0.15, -0.1) is 0 Å². The highest BCUT2D eigenvalue weighted by Gasteiger charge is 2.25. The van der Waals surface area contributed by atoms with Crippen molar-refractivity contribution in [2.45, 2.75) is 13.0 Å². The zero-order chi connectivity index (χ0) is 19.1. The summed E-state index contributed by atoms with van der Waals surface area (Å²) in [5, 5.41) is 1.92. The normalized spacial score (nSPS) is 16.9. The summed E-state index contributed by atoms with van der Waals surface area (Å²) in [5.74, 6) is 1.24. The van der Waals surface area contributed by atoms with E-state index < -0.39 is 0 Å². The molecule has 2 aliphatic rings. The number of nitrogens with one attached hydrogen (secondary N) is 1. The molecule has 0 bridgehead atoms. The number of amides is 2. The highest BCUT2D eigenvalue weighted by atomic mass is 32.2. The van der Waals surface area contributed by atoms with Gasteiger partial charge in [-0.3, -0.25) is 14.9 Å². The molecule has 2 aromatic carbocycles. The molecular weight excluding hydrogens is 378 g/mol. The predicted molar refractivity (Wildman–Crippen MR) is 105 cm³/mol. The number of aryl methyl sites for hydroxylation is 2. The number of thioether (sulfide) groups is 1. The fraction of sp³-hybridized carbons (Fsp3) is 0.150. The number of imide groups is 1. The van der Waals surface area contributed by atoms with E-state index in [9.17, 15) is 9.59 Å². The van der Waals surface area contributed by atoms with E-state index in [1.807, 2.05) is 42.7 Å². The minimum absolute atomic E-state index is 0.256. The second-order valence-corrected chi connectivity index (χ2v) is 7.45. The number of hydrogen-bond acceptors (Lipinski definition) is 6. The Morgan fingerprint density at radius 2 is 2.14 bits per heavy atom. The molecule has 0 atom stereocenters. The molecule has 1 aromatic heterocycles. The highest BCUT2D eigenvalue weighted by molar-refractivity contribution is 8.18. The topological polar surface area (TPSA) is 82.5 Å². The van der Waals surface area contributed by atoms with E-state index in [1.54, 1.807) is 6.08 Å². The van der Waals surface area contributed by atoms with Gasteiger partial charge in [0.25, 0.3) is 11.1 Å². The van der Waals surface area contributed by atoms with Gasteiger partial charge in [-0.1, -0.05) is 18.2 Å². The van der Waals surface area contributed by atoms with Gasteiger partial charge >= 0.3 is 0 Å². The molecule has 28 heavy (non-hydrogen) atoms. The molecule has 1 N–H and O–H groups in total. The third-order valence-corrected chi connectivity index (χ3v) is 5.50. The van der Waals surface area contributed by atoms with E-state index in [0.717, 1.165) is 58.4 Å². The summed E-state index contributed by atoms with van der Waals surface area (Å²) in [6.07, 6.45) is 4.30. The predicted octanol–water partition coefficient (Wildman–Crippen LogP) is 3.33. The van der Waals surface area contributed by atoms with E-state index in [0.29, 0.717) is 4.91 Å². The van der Waals surface area contributed by atoms with Gasteiger partial charge < -0.3 is 14.0 Å². The summed E-state index contributed by atoms with van der Waals surface area (Å²) >= 11 is 0.912. The molecule has 3 heterocycles. The van der Waals surface area contributed by atoms with Crippen LogP contribution in [0.5, 0.6) is 11.5 Å². The van der Waals surface area contributed by atoms with Gasteiger partial charge in [0, 0.05) is 6.54 Å². The summed E-state index contributed by atoms with van der Waals surface area (Å²) in [6.45, 7) is 0.983. The van der Waals surface area contributed by atoms with Gasteiger partial charge in [0.2, 0.25) is 6.79 Å². The van der Waals surface area contributed by atoms with Crippen LogP contribution >= 0.6 is 11.8 Å². The lowest BCUT2D eigenvalue weighted by molar-refractivity contribution is -0.115. The number of aromatic nitrogens is 2. The number of benzene rings is 2. The van der Waals surface area contributed by atoms with Crippen LogP contribution in [0.3, 0.4) is 0 Å². The number of fused-ring (bicyclic) bond motifs is 2. The lowest BCUT2D eigenvalue weighted by atomic mass is 10.1. The van der Waals surface area contributed by atoms with Crippen molar-refractivity contribution in [2.24, 2.45) is 0 Å². The summed E-state index contributed by atoms with van der Waals surface area (Å²) in [4.78, 5) is 27.9. The van der Waals surface area contributed by atoms with Crippen LogP contribution in [-0.2, 0) is 17.8 Å². The first-order chi connectivity index (χ1) is 13.7. The van der Waals surface area contributed by atoms with E-state index in [4.69, 9.17) is 9.47 Å². The van der Waals surface area contributed by atoms with Gasteiger partial charge in [0.05, 0.1) is 22.3 Å². The third kappa shape index (κ3) is 3.01. The summed E-state index contributed by atoms with van der Waals surface area (Å²) < 4.78 is 13.1. The van der Waals surface area contributed by atoms with Crippen LogP contribution in [0.2, 0.25) is 0 Å². The summed E-state index contributed by atoms with van der Waals surface area (Å²) in [6, 6.07) is 11.7. The number of hydrogen-bond donors (Lipinski definition) is 1. The zero-order valence-electron chi connectivity index (χ0n) is 14.7. The molecule has 0 radical (unpaired) electrons. The van der Waals surface area contributed by atoms with Gasteiger partial charge in [-0.2, -0.15) is 0 Å². The van der Waals surface area contributed by atoms with Crippen molar-refractivity contribution in [3.05, 3.63) is 58.8 Å². The largest absolute Gasteiger partial charge is 0.454 e. The maximum absolute atomic E-state index is 11.8. The molecule has 3 aromatic rings. The number of ether oxygens (including phenoxy) is 2. The van der Waals surface area contributed by atoms with E-state index in [1.165, 1.54) is 0 Å². The van der Waals surface area contributed by atoms with Crippen molar-refractivity contribution < 1.29 is 19.1 Å². The van der Waals surface area contributed by atoms with Gasteiger partial charge in [-0.05, 0) is 53.6 Å². The second-order valence-electron chi connectivity index (χ2n) is 6.44. The quantitative estimate of drug-likeness (QED) is 0.685. The van der Waals surface area contributed by atoms with Crippen molar-refractivity contribution in [3.63, 3.8) is 0 Å². The third-order valence-electron chi connectivity index (χ3n) is 4.69. The molecule has 0 aliphatic carbocycles. The molecule has 2 amide bonds. The molecule has 1 fully saturated rings. The molecule has 7 nitrogen and oxygen atoms in total. The van der Waals surface area contributed by atoms with Crippen LogP contribution in [0.4, 0.5) is 4.79 Å². The standard InChI is InChI=1S/C20H15N3O4S/c24-19-17(28-20(25)22-19)9-12-4-5-14-15(8-12)23(10-21-14)7-6-13-2-1-3-16-18(13)27-11-26-16/h1-5,8-10H,6-7,11H2,(H,22,24,25)/b17-9+. The molecule has 5 rings (SSSR count). The fourth-order valence-corrected chi connectivity index (χ4v) is 4.02. The maximum Gasteiger partial charge on any atom is 0.290 e. The Bertz CT molecular complexity index is 1150. The number of para-hydroxylation sites is 1. The van der Waals surface area contributed by atoms with Gasteiger partial charge in [-0.25, -0.2) is 4.98 Å². The number of carbonyl (C=O) groups is 2. The van der Waals surface area contributed by atoms with Crippen LogP contribution in [0.1, 0.15) is 11.1 Å². The first kappa shape index (κ1) is 16.9. The smallest absolute Gasteiger partial charge is 0.290 e. The monoisotopic (exact) mass is 393 g/mol. The first-order valence-corrected chi connectivity index (χ1v) is 9.56. The minimum Gasteiger partial charge on any atom is -0.454 e. The van der Waals surface area contributed by atoms with Gasteiger partial charge in [0.15, 0.2) is 11.5 Å². The van der Waals surface area contributed by atoms with Crippen LogP contribution in [0.25, 0.3) is 17.1 Å². The van der Waals surface area contributed by atoms with Crippen LogP contribution in [0.15, 0.2) is 47.6 Å². The van der Waals surface area contributed by atoms with Crippen molar-refractivity contribution >= 4 is 40.0 Å². The van der Waals surface area contributed by atoms with Crippen LogP contribution < -0.4 is 14.8 Å². The molecule has 2 aliphatic heterocycles. The lowest BCUT2D eigenvalue weighted by Crippen LogP contribution is -2.17. The molecule has 0 spiro atoms. The fourth-order valence-electron chi connectivity index (χ4n) is 3.34. The average Bonchev–Trinajstić information content (AvgIpc) is 3.39. The summed E-state index contributed by atoms with van der Waals surface area (Å²) in [5.41, 5.74) is 3.78. The Kier molecular flexibility index (Phi) is 4.05. The van der Waals surface area contributed by atoms with E-state index in [2.05, 4.69) is 14.9 Å².